The highest BCUT2D eigenvalue weighted by Gasteiger charge is 2.20. The van der Waals surface area contributed by atoms with E-state index in [1.165, 1.54) is 25.1 Å². The van der Waals surface area contributed by atoms with E-state index < -0.39 is 4.92 Å². The lowest BCUT2D eigenvalue weighted by molar-refractivity contribution is -0.385. The van der Waals surface area contributed by atoms with Crippen LogP contribution < -0.4 is 9.64 Å². The molecule has 0 atom stereocenters. The summed E-state index contributed by atoms with van der Waals surface area (Å²) in [6.07, 6.45) is 0. The number of piperazine rings is 1. The molecule has 0 bridgehead atoms. The summed E-state index contributed by atoms with van der Waals surface area (Å²) in [7, 11) is 0. The number of carbonyl (C=O) groups excluding carboxylic acids is 2. The number of carbonyl (C=O) groups is 2. The second-order valence-electron chi connectivity index (χ2n) is 6.58. The van der Waals surface area contributed by atoms with E-state index in [1.54, 1.807) is 19.1 Å². The molecule has 1 amide bonds. The molecule has 1 heterocycles. The fourth-order valence-corrected chi connectivity index (χ4v) is 3.10. The molecular formula is C20H21N3O5. The van der Waals surface area contributed by atoms with Gasteiger partial charge in [0.15, 0.2) is 5.78 Å². The van der Waals surface area contributed by atoms with Crippen LogP contribution in [0.25, 0.3) is 0 Å². The Hall–Kier alpha value is -3.42. The zero-order valence-electron chi connectivity index (χ0n) is 15.8. The summed E-state index contributed by atoms with van der Waals surface area (Å²) in [6, 6.07) is 11.4. The molecule has 28 heavy (non-hydrogen) atoms. The van der Waals surface area contributed by atoms with Gasteiger partial charge in [0.25, 0.3) is 0 Å². The second kappa shape index (κ2) is 8.08. The number of ketones is 1. The molecule has 0 saturated carbocycles. The summed E-state index contributed by atoms with van der Waals surface area (Å²) >= 11 is 0. The topological polar surface area (TPSA) is 93.0 Å². The van der Waals surface area contributed by atoms with Gasteiger partial charge >= 0.3 is 5.69 Å². The lowest BCUT2D eigenvalue weighted by atomic mass is 10.1. The molecule has 0 spiro atoms. The van der Waals surface area contributed by atoms with Gasteiger partial charge in [-0.1, -0.05) is 0 Å². The first-order valence-electron chi connectivity index (χ1n) is 8.93. The first kappa shape index (κ1) is 19.3. The van der Waals surface area contributed by atoms with Gasteiger partial charge in [-0.05, 0) is 43.3 Å². The predicted octanol–water partition coefficient (Wildman–Crippen LogP) is 3.26. The van der Waals surface area contributed by atoms with Crippen molar-refractivity contribution in [2.75, 3.05) is 31.1 Å². The number of nitrogens with zero attached hydrogens (tertiary/aromatic N) is 3. The number of nitro groups is 1. The zero-order chi connectivity index (χ0) is 20.3. The minimum Gasteiger partial charge on any atom is -0.450 e. The fourth-order valence-electron chi connectivity index (χ4n) is 3.10. The summed E-state index contributed by atoms with van der Waals surface area (Å²) in [5.74, 6) is 0.382. The number of Topliss-reactive ketones (excluding diaryl/α,β-unsaturated/α-hetero) is 1. The van der Waals surface area contributed by atoms with Crippen molar-refractivity contribution in [3.05, 3.63) is 58.1 Å². The SMILES string of the molecule is CC(=O)c1ccc(Oc2ccc(N3CCN(C(C)=O)CC3)cc2)c([N+](=O)[O-])c1. The number of benzene rings is 2. The van der Waals surface area contributed by atoms with Crippen molar-refractivity contribution >= 4 is 23.1 Å². The number of ether oxygens (including phenoxy) is 1. The summed E-state index contributed by atoms with van der Waals surface area (Å²) in [5.41, 5.74) is 1.01. The minimum atomic E-state index is -0.565. The molecule has 0 aliphatic carbocycles. The summed E-state index contributed by atoms with van der Waals surface area (Å²) < 4.78 is 5.67. The zero-order valence-corrected chi connectivity index (χ0v) is 15.8. The highest BCUT2D eigenvalue weighted by Crippen LogP contribution is 2.33. The first-order chi connectivity index (χ1) is 13.3. The van der Waals surface area contributed by atoms with Crippen molar-refractivity contribution in [3.8, 4) is 11.5 Å². The minimum absolute atomic E-state index is 0.0813. The Kier molecular flexibility index (Phi) is 5.58. The molecule has 1 saturated heterocycles. The van der Waals surface area contributed by atoms with Crippen LogP contribution in [0.2, 0.25) is 0 Å². The van der Waals surface area contributed by atoms with Crippen LogP contribution in [0.3, 0.4) is 0 Å². The van der Waals surface area contributed by atoms with Gasteiger partial charge in [0.05, 0.1) is 4.92 Å². The molecule has 0 radical (unpaired) electrons. The first-order valence-corrected chi connectivity index (χ1v) is 8.93. The van der Waals surface area contributed by atoms with Gasteiger partial charge < -0.3 is 14.5 Å². The lowest BCUT2D eigenvalue weighted by Gasteiger charge is -2.35. The lowest BCUT2D eigenvalue weighted by Crippen LogP contribution is -2.48. The Morgan fingerprint density at radius 2 is 1.64 bits per heavy atom. The van der Waals surface area contributed by atoms with Crippen LogP contribution in [0.4, 0.5) is 11.4 Å². The van der Waals surface area contributed by atoms with Crippen molar-refractivity contribution in [1.82, 2.24) is 4.90 Å². The van der Waals surface area contributed by atoms with Gasteiger partial charge in [-0.3, -0.25) is 19.7 Å². The Morgan fingerprint density at radius 3 is 2.18 bits per heavy atom. The van der Waals surface area contributed by atoms with Crippen molar-refractivity contribution < 1.29 is 19.2 Å². The highest BCUT2D eigenvalue weighted by molar-refractivity contribution is 5.95. The predicted molar refractivity (Wildman–Crippen MR) is 104 cm³/mol. The molecule has 8 nitrogen and oxygen atoms in total. The molecular weight excluding hydrogens is 362 g/mol. The number of rotatable bonds is 5. The van der Waals surface area contributed by atoms with Crippen LogP contribution in [0, 0.1) is 10.1 Å². The van der Waals surface area contributed by atoms with Crippen molar-refractivity contribution in [3.63, 3.8) is 0 Å². The largest absolute Gasteiger partial charge is 0.450 e. The Balaban J connectivity index is 1.72. The normalized spacial score (nSPS) is 13.9. The van der Waals surface area contributed by atoms with E-state index in [9.17, 15) is 19.7 Å². The number of nitro benzene ring substituents is 1. The maximum atomic E-state index is 11.4. The van der Waals surface area contributed by atoms with Crippen molar-refractivity contribution in [2.24, 2.45) is 0 Å². The molecule has 146 valence electrons. The third-order valence-corrected chi connectivity index (χ3v) is 4.72. The summed E-state index contributed by atoms with van der Waals surface area (Å²) in [5, 5.41) is 11.3. The van der Waals surface area contributed by atoms with E-state index in [2.05, 4.69) is 4.90 Å². The van der Waals surface area contributed by atoms with E-state index in [4.69, 9.17) is 4.74 Å². The van der Waals surface area contributed by atoms with E-state index in [0.717, 1.165) is 18.8 Å². The molecule has 2 aromatic carbocycles. The van der Waals surface area contributed by atoms with Crippen molar-refractivity contribution in [1.29, 1.82) is 0 Å². The monoisotopic (exact) mass is 383 g/mol. The van der Waals surface area contributed by atoms with Crippen LogP contribution >= 0.6 is 0 Å². The maximum absolute atomic E-state index is 11.4. The molecule has 1 aliphatic rings. The van der Waals surface area contributed by atoms with Gasteiger partial charge in [-0.15, -0.1) is 0 Å². The number of hydrogen-bond donors (Lipinski definition) is 0. The molecule has 0 unspecified atom stereocenters. The van der Waals surface area contributed by atoms with Crippen molar-refractivity contribution in [2.45, 2.75) is 13.8 Å². The standard InChI is InChI=1S/C20H21N3O5/c1-14(24)16-3-8-20(19(13-16)23(26)27)28-18-6-4-17(5-7-18)22-11-9-21(10-12-22)15(2)25/h3-8,13H,9-12H2,1-2H3. The van der Waals surface area contributed by atoms with Crippen LogP contribution in [0.5, 0.6) is 11.5 Å². The molecule has 3 rings (SSSR count). The molecule has 8 heteroatoms. The molecule has 1 aliphatic heterocycles. The average molecular weight is 383 g/mol. The second-order valence-corrected chi connectivity index (χ2v) is 6.58. The highest BCUT2D eigenvalue weighted by atomic mass is 16.6. The van der Waals surface area contributed by atoms with Gasteiger partial charge in [0, 0.05) is 50.4 Å². The van der Waals surface area contributed by atoms with Crippen LogP contribution in [0.1, 0.15) is 24.2 Å². The molecule has 0 aromatic heterocycles. The van der Waals surface area contributed by atoms with Gasteiger partial charge in [0.2, 0.25) is 11.7 Å². The molecule has 0 N–H and O–H groups in total. The van der Waals surface area contributed by atoms with E-state index >= 15 is 0 Å². The third-order valence-electron chi connectivity index (χ3n) is 4.72. The maximum Gasteiger partial charge on any atom is 0.312 e. The van der Waals surface area contributed by atoms with Gasteiger partial charge in [0.1, 0.15) is 5.75 Å². The third kappa shape index (κ3) is 4.28. The quantitative estimate of drug-likeness (QED) is 0.447. The average Bonchev–Trinajstić information content (AvgIpc) is 2.68. The number of hydrogen-bond acceptors (Lipinski definition) is 6. The molecule has 1 fully saturated rings. The van der Waals surface area contributed by atoms with E-state index in [1.807, 2.05) is 17.0 Å². The fraction of sp³-hybridized carbons (Fsp3) is 0.300. The summed E-state index contributed by atoms with van der Waals surface area (Å²) in [6.45, 7) is 5.79. The van der Waals surface area contributed by atoms with E-state index in [0.29, 0.717) is 18.8 Å². The Labute approximate surface area is 162 Å². The van der Waals surface area contributed by atoms with E-state index in [-0.39, 0.29) is 28.7 Å². The smallest absolute Gasteiger partial charge is 0.312 e. The number of anilines is 1. The van der Waals surface area contributed by atoms with Gasteiger partial charge in [-0.2, -0.15) is 0 Å². The molecule has 2 aromatic rings. The summed E-state index contributed by atoms with van der Waals surface area (Å²) in [4.78, 5) is 37.6. The van der Waals surface area contributed by atoms with Crippen LogP contribution in [-0.2, 0) is 4.79 Å². The van der Waals surface area contributed by atoms with Crippen LogP contribution in [-0.4, -0.2) is 47.7 Å². The Bertz CT molecular complexity index is 903. The Morgan fingerprint density at radius 1 is 1.00 bits per heavy atom. The number of amides is 1. The van der Waals surface area contributed by atoms with Gasteiger partial charge in [-0.25, -0.2) is 0 Å². The van der Waals surface area contributed by atoms with Crippen LogP contribution in [0.15, 0.2) is 42.5 Å².